The zero-order chi connectivity index (χ0) is 18.2. The summed E-state index contributed by atoms with van der Waals surface area (Å²) < 4.78 is 40.3. The van der Waals surface area contributed by atoms with Gasteiger partial charge in [0.1, 0.15) is 16.9 Å². The second kappa shape index (κ2) is 6.86. The molecule has 2 rings (SSSR count). The third kappa shape index (κ3) is 3.41. The number of hydrogen-bond acceptors (Lipinski definition) is 3. The van der Waals surface area contributed by atoms with Gasteiger partial charge in [0.05, 0.1) is 0 Å². The van der Waals surface area contributed by atoms with Crippen LogP contribution in [0, 0.1) is 12.7 Å². The van der Waals surface area contributed by atoms with Gasteiger partial charge >= 0.3 is 18.2 Å². The lowest BCUT2D eigenvalue weighted by atomic mass is 10.1. The Morgan fingerprint density at radius 1 is 1.42 bits per heavy atom. The Morgan fingerprint density at radius 3 is 2.54 bits per heavy atom. The Labute approximate surface area is 143 Å². The monoisotopic (exact) mass is 383 g/mol. The predicted molar refractivity (Wildman–Crippen MR) is 79.8 cm³/mol. The molecule has 0 amide bonds. The van der Waals surface area contributed by atoms with Gasteiger partial charge in [-0.15, -0.1) is 16.7 Å². The topological polar surface area (TPSA) is 77.1 Å². The minimum atomic E-state index is -3.14. The van der Waals surface area contributed by atoms with E-state index in [4.69, 9.17) is 28.3 Å². The zero-order valence-electron chi connectivity index (χ0n) is 12.0. The fraction of sp³-hybridized carbons (Fsp3) is 0.308. The molecule has 1 heterocycles. The minimum Gasteiger partial charge on any atom is -0.480 e. The van der Waals surface area contributed by atoms with Crippen LogP contribution in [-0.4, -0.2) is 30.8 Å². The highest BCUT2D eigenvalue weighted by Crippen LogP contribution is 2.25. The van der Waals surface area contributed by atoms with Crippen molar-refractivity contribution in [3.8, 4) is 5.69 Å². The summed E-state index contributed by atoms with van der Waals surface area (Å²) in [6.07, 6.45) is -0.258. The molecular formula is C13H10Cl2F3N3O3. The molecule has 1 aromatic carbocycles. The van der Waals surface area contributed by atoms with E-state index >= 15 is 0 Å². The van der Waals surface area contributed by atoms with E-state index in [1.807, 2.05) is 0 Å². The number of rotatable bonds is 5. The second-order valence-electron chi connectivity index (χ2n) is 4.79. The molecule has 1 N–H and O–H groups in total. The van der Waals surface area contributed by atoms with E-state index in [9.17, 15) is 22.8 Å². The van der Waals surface area contributed by atoms with E-state index in [0.29, 0.717) is 4.68 Å². The van der Waals surface area contributed by atoms with Gasteiger partial charge in [0.25, 0.3) is 0 Å². The SMILES string of the molecule is Cc1nn(-c2cc(C[C@@H](Cl)C(=O)O)c(Cl)cc2F)c(=O)n1C(F)F. The fourth-order valence-corrected chi connectivity index (χ4v) is 2.43. The lowest BCUT2D eigenvalue weighted by Gasteiger charge is -2.10. The molecule has 11 heteroatoms. The van der Waals surface area contributed by atoms with Crippen molar-refractivity contribution in [2.45, 2.75) is 25.3 Å². The first-order valence-electron chi connectivity index (χ1n) is 6.45. The third-order valence-corrected chi connectivity index (χ3v) is 3.88. The molecule has 0 aliphatic carbocycles. The lowest BCUT2D eigenvalue weighted by Crippen LogP contribution is -2.25. The van der Waals surface area contributed by atoms with Crippen LogP contribution in [0.25, 0.3) is 5.69 Å². The van der Waals surface area contributed by atoms with Gasteiger partial charge < -0.3 is 5.11 Å². The molecule has 0 spiro atoms. The summed E-state index contributed by atoms with van der Waals surface area (Å²) in [5.74, 6) is -2.61. The standard InChI is InChI=1S/C13H10Cl2F3N3O3/c1-5-19-21(13(24)20(5)12(17)18)10-3-6(2-8(15)11(22)23)7(14)4-9(10)16/h3-4,8,12H,2H2,1H3,(H,22,23)/t8-/m1/s1. The van der Waals surface area contributed by atoms with Gasteiger partial charge in [-0.3, -0.25) is 4.79 Å². The van der Waals surface area contributed by atoms with Gasteiger partial charge in [0, 0.05) is 11.4 Å². The van der Waals surface area contributed by atoms with Crippen LogP contribution in [0.2, 0.25) is 5.02 Å². The molecule has 0 saturated carbocycles. The third-order valence-electron chi connectivity index (χ3n) is 3.19. The van der Waals surface area contributed by atoms with Crippen LogP contribution >= 0.6 is 23.2 Å². The molecule has 0 aliphatic heterocycles. The number of carboxylic acids is 1. The molecule has 0 bridgehead atoms. The second-order valence-corrected chi connectivity index (χ2v) is 5.73. The Kier molecular flexibility index (Phi) is 5.24. The summed E-state index contributed by atoms with van der Waals surface area (Å²) in [5, 5.41) is 11.0. The van der Waals surface area contributed by atoms with Crippen molar-refractivity contribution in [1.29, 1.82) is 0 Å². The van der Waals surface area contributed by atoms with E-state index in [1.165, 1.54) is 0 Å². The average Bonchev–Trinajstić information content (AvgIpc) is 2.76. The first-order chi connectivity index (χ1) is 11.1. The maximum Gasteiger partial charge on any atom is 0.355 e. The van der Waals surface area contributed by atoms with Crippen LogP contribution in [0.1, 0.15) is 17.9 Å². The van der Waals surface area contributed by atoms with Crippen LogP contribution in [-0.2, 0) is 11.2 Å². The summed E-state index contributed by atoms with van der Waals surface area (Å²) in [4.78, 5) is 22.8. The quantitative estimate of drug-likeness (QED) is 0.805. The van der Waals surface area contributed by atoms with Crippen molar-refractivity contribution < 1.29 is 23.1 Å². The number of nitrogens with zero attached hydrogens (tertiary/aromatic N) is 3. The van der Waals surface area contributed by atoms with E-state index in [2.05, 4.69) is 5.10 Å². The lowest BCUT2D eigenvalue weighted by molar-refractivity contribution is -0.136. The molecule has 0 radical (unpaired) electrons. The number of halogens is 5. The molecule has 1 aromatic heterocycles. The van der Waals surface area contributed by atoms with Crippen LogP contribution in [0.4, 0.5) is 13.2 Å². The number of aryl methyl sites for hydroxylation is 1. The van der Waals surface area contributed by atoms with Crippen molar-refractivity contribution in [1.82, 2.24) is 14.3 Å². The number of alkyl halides is 3. The summed E-state index contributed by atoms with van der Waals surface area (Å²) in [5.41, 5.74) is -1.54. The molecule has 24 heavy (non-hydrogen) atoms. The van der Waals surface area contributed by atoms with Gasteiger partial charge in [0.2, 0.25) is 0 Å². The number of carboxylic acid groups (broad SMARTS) is 1. The smallest absolute Gasteiger partial charge is 0.355 e. The van der Waals surface area contributed by atoms with Gasteiger partial charge in [-0.05, 0) is 24.6 Å². The van der Waals surface area contributed by atoms with Crippen molar-refractivity contribution in [3.05, 3.63) is 44.8 Å². The molecule has 0 saturated heterocycles. The van der Waals surface area contributed by atoms with E-state index in [0.717, 1.165) is 19.1 Å². The fourth-order valence-electron chi connectivity index (χ4n) is 2.04. The Balaban J connectivity index is 2.58. The van der Waals surface area contributed by atoms with E-state index < -0.39 is 35.1 Å². The number of aliphatic carboxylic acids is 1. The van der Waals surface area contributed by atoms with Crippen molar-refractivity contribution in [3.63, 3.8) is 0 Å². The molecule has 0 fully saturated rings. The first kappa shape index (κ1) is 18.3. The van der Waals surface area contributed by atoms with Crippen LogP contribution in [0.3, 0.4) is 0 Å². The normalized spacial score (nSPS) is 12.6. The highest BCUT2D eigenvalue weighted by Gasteiger charge is 2.22. The molecular weight excluding hydrogens is 374 g/mol. The summed E-state index contributed by atoms with van der Waals surface area (Å²) >= 11 is 11.5. The van der Waals surface area contributed by atoms with E-state index in [1.54, 1.807) is 0 Å². The molecule has 0 unspecified atom stereocenters. The zero-order valence-corrected chi connectivity index (χ0v) is 13.5. The Hall–Kier alpha value is -2.00. The minimum absolute atomic E-state index is 0.0926. The van der Waals surface area contributed by atoms with Crippen molar-refractivity contribution >= 4 is 29.2 Å². The van der Waals surface area contributed by atoms with Crippen LogP contribution in [0.5, 0.6) is 0 Å². The van der Waals surface area contributed by atoms with Gasteiger partial charge in [-0.2, -0.15) is 13.5 Å². The molecule has 0 aliphatic rings. The molecule has 6 nitrogen and oxygen atoms in total. The first-order valence-corrected chi connectivity index (χ1v) is 7.26. The summed E-state index contributed by atoms with van der Waals surface area (Å²) in [7, 11) is 0. The Bertz CT molecular complexity index is 851. The number of aromatic nitrogens is 3. The van der Waals surface area contributed by atoms with Crippen LogP contribution in [0.15, 0.2) is 16.9 Å². The Morgan fingerprint density at radius 2 is 2.04 bits per heavy atom. The summed E-state index contributed by atoms with van der Waals surface area (Å²) in [6, 6.07) is 1.89. The molecule has 130 valence electrons. The van der Waals surface area contributed by atoms with Crippen LogP contribution < -0.4 is 5.69 Å². The van der Waals surface area contributed by atoms with Crippen molar-refractivity contribution in [2.75, 3.05) is 0 Å². The molecule has 2 aromatic rings. The highest BCUT2D eigenvalue weighted by atomic mass is 35.5. The van der Waals surface area contributed by atoms with E-state index in [-0.39, 0.29) is 27.4 Å². The number of carbonyl (C=O) groups is 1. The predicted octanol–water partition coefficient (Wildman–Crippen LogP) is 2.76. The number of benzene rings is 1. The highest BCUT2D eigenvalue weighted by molar-refractivity contribution is 6.32. The number of hydrogen-bond donors (Lipinski definition) is 1. The van der Waals surface area contributed by atoms with Gasteiger partial charge in [-0.1, -0.05) is 11.6 Å². The van der Waals surface area contributed by atoms with Crippen molar-refractivity contribution in [2.24, 2.45) is 0 Å². The maximum atomic E-state index is 14.1. The largest absolute Gasteiger partial charge is 0.480 e. The maximum absolute atomic E-state index is 14.1. The average molecular weight is 384 g/mol. The molecule has 1 atom stereocenters. The summed E-state index contributed by atoms with van der Waals surface area (Å²) in [6.45, 7) is -1.97. The van der Waals surface area contributed by atoms with Gasteiger partial charge in [-0.25, -0.2) is 13.8 Å². The van der Waals surface area contributed by atoms with Gasteiger partial charge in [0.15, 0.2) is 5.82 Å².